The average Bonchev–Trinajstić information content (AvgIpc) is 2.96. The van der Waals surface area contributed by atoms with Gasteiger partial charge in [-0.05, 0) is 42.5 Å². The zero-order valence-corrected chi connectivity index (χ0v) is 13.8. The van der Waals surface area contributed by atoms with Gasteiger partial charge in [0.05, 0.1) is 14.2 Å². The van der Waals surface area contributed by atoms with Gasteiger partial charge in [-0.2, -0.15) is 0 Å². The molecule has 0 bridgehead atoms. The van der Waals surface area contributed by atoms with Crippen molar-refractivity contribution in [2.24, 2.45) is 4.99 Å². The standard InChI is InChI=1S/C18H14ClNO4/c1-22-14-8-5-12(16(10-14)23-2)9-15-18(21)24-17(20-15)11-3-6-13(19)7-4-11/h3-10H,1-2H3. The smallest absolute Gasteiger partial charge is 0.363 e. The molecule has 0 unspecified atom stereocenters. The molecule has 1 heterocycles. The van der Waals surface area contributed by atoms with Gasteiger partial charge in [-0.15, -0.1) is 0 Å². The second kappa shape index (κ2) is 6.76. The Balaban J connectivity index is 1.95. The van der Waals surface area contributed by atoms with E-state index in [9.17, 15) is 4.79 Å². The van der Waals surface area contributed by atoms with Gasteiger partial charge in [0.25, 0.3) is 0 Å². The quantitative estimate of drug-likeness (QED) is 0.627. The highest BCUT2D eigenvalue weighted by Crippen LogP contribution is 2.28. The highest BCUT2D eigenvalue weighted by molar-refractivity contribution is 6.30. The second-order valence-electron chi connectivity index (χ2n) is 4.95. The van der Waals surface area contributed by atoms with Crippen molar-refractivity contribution in [3.63, 3.8) is 0 Å². The van der Waals surface area contributed by atoms with Crippen LogP contribution in [0.5, 0.6) is 11.5 Å². The van der Waals surface area contributed by atoms with Crippen molar-refractivity contribution in [1.29, 1.82) is 0 Å². The summed E-state index contributed by atoms with van der Waals surface area (Å²) in [4.78, 5) is 16.3. The molecule has 2 aromatic rings. The molecule has 0 aromatic heterocycles. The lowest BCUT2D eigenvalue weighted by molar-refractivity contribution is -0.129. The minimum atomic E-state index is -0.516. The number of hydrogen-bond acceptors (Lipinski definition) is 5. The van der Waals surface area contributed by atoms with Crippen molar-refractivity contribution in [1.82, 2.24) is 0 Å². The Kier molecular flexibility index (Phi) is 4.53. The summed E-state index contributed by atoms with van der Waals surface area (Å²) < 4.78 is 15.7. The van der Waals surface area contributed by atoms with E-state index in [1.807, 2.05) is 0 Å². The van der Waals surface area contributed by atoms with Crippen molar-refractivity contribution in [3.8, 4) is 11.5 Å². The zero-order chi connectivity index (χ0) is 17.1. The van der Waals surface area contributed by atoms with Crippen molar-refractivity contribution in [2.45, 2.75) is 0 Å². The third-order valence-corrected chi connectivity index (χ3v) is 3.70. The van der Waals surface area contributed by atoms with Gasteiger partial charge in [0.2, 0.25) is 5.90 Å². The maximum atomic E-state index is 12.1. The number of ether oxygens (including phenoxy) is 3. The van der Waals surface area contributed by atoms with E-state index in [1.165, 1.54) is 0 Å². The summed E-state index contributed by atoms with van der Waals surface area (Å²) in [7, 11) is 3.12. The topological polar surface area (TPSA) is 57.1 Å². The molecule has 0 saturated heterocycles. The van der Waals surface area contributed by atoms with Crippen LogP contribution in [0.4, 0.5) is 0 Å². The van der Waals surface area contributed by atoms with Crippen molar-refractivity contribution >= 4 is 29.5 Å². The van der Waals surface area contributed by atoms with Crippen LogP contribution in [0.1, 0.15) is 11.1 Å². The van der Waals surface area contributed by atoms with Gasteiger partial charge >= 0.3 is 5.97 Å². The van der Waals surface area contributed by atoms with E-state index >= 15 is 0 Å². The predicted molar refractivity (Wildman–Crippen MR) is 91.6 cm³/mol. The molecule has 1 aliphatic heterocycles. The lowest BCUT2D eigenvalue weighted by Gasteiger charge is -2.07. The summed E-state index contributed by atoms with van der Waals surface area (Å²) in [5.74, 6) is 0.964. The number of esters is 1. The number of benzene rings is 2. The van der Waals surface area contributed by atoms with Gasteiger partial charge in [-0.3, -0.25) is 0 Å². The minimum absolute atomic E-state index is 0.198. The van der Waals surface area contributed by atoms with Gasteiger partial charge < -0.3 is 14.2 Å². The summed E-state index contributed by atoms with van der Waals surface area (Å²) in [5.41, 5.74) is 1.58. The summed E-state index contributed by atoms with van der Waals surface area (Å²) in [5, 5.41) is 0.599. The van der Waals surface area contributed by atoms with E-state index in [1.54, 1.807) is 62.8 Å². The highest BCUT2D eigenvalue weighted by atomic mass is 35.5. The third-order valence-electron chi connectivity index (χ3n) is 3.44. The molecule has 0 N–H and O–H groups in total. The Hall–Kier alpha value is -2.79. The maximum absolute atomic E-state index is 12.1. The Morgan fingerprint density at radius 2 is 1.83 bits per heavy atom. The summed E-state index contributed by atoms with van der Waals surface area (Å²) >= 11 is 5.86. The molecule has 0 amide bonds. The number of methoxy groups -OCH3 is 2. The minimum Gasteiger partial charge on any atom is -0.497 e. The van der Waals surface area contributed by atoms with Crippen LogP contribution >= 0.6 is 11.6 Å². The van der Waals surface area contributed by atoms with E-state index < -0.39 is 5.97 Å². The van der Waals surface area contributed by atoms with Crippen LogP contribution in [0, 0.1) is 0 Å². The molecular weight excluding hydrogens is 330 g/mol. The van der Waals surface area contributed by atoms with Crippen molar-refractivity contribution in [2.75, 3.05) is 14.2 Å². The SMILES string of the molecule is COc1ccc(C=C2N=C(c3ccc(Cl)cc3)OC2=O)c(OC)c1. The number of carbonyl (C=O) groups is 1. The number of cyclic esters (lactones) is 1. The van der Waals surface area contributed by atoms with E-state index in [2.05, 4.69) is 4.99 Å². The lowest BCUT2D eigenvalue weighted by Crippen LogP contribution is -2.05. The molecule has 1 aliphatic rings. The number of hydrogen-bond donors (Lipinski definition) is 0. The van der Waals surface area contributed by atoms with Gasteiger partial charge in [-0.25, -0.2) is 9.79 Å². The Morgan fingerprint density at radius 1 is 1.08 bits per heavy atom. The number of nitrogens with zero attached hydrogens (tertiary/aromatic N) is 1. The van der Waals surface area contributed by atoms with Crippen LogP contribution in [-0.4, -0.2) is 26.1 Å². The molecule has 3 rings (SSSR count). The summed E-state index contributed by atoms with van der Waals surface area (Å²) in [6.07, 6.45) is 1.61. The zero-order valence-electron chi connectivity index (χ0n) is 13.1. The first kappa shape index (κ1) is 16.1. The molecule has 2 aromatic carbocycles. The van der Waals surface area contributed by atoms with E-state index in [0.29, 0.717) is 27.6 Å². The molecule has 0 fully saturated rings. The first-order valence-electron chi connectivity index (χ1n) is 7.11. The van der Waals surface area contributed by atoms with Crippen LogP contribution in [-0.2, 0) is 9.53 Å². The highest BCUT2D eigenvalue weighted by Gasteiger charge is 2.24. The van der Waals surface area contributed by atoms with Gasteiger partial charge in [-0.1, -0.05) is 11.6 Å². The normalized spacial score (nSPS) is 15.2. The first-order chi connectivity index (χ1) is 11.6. The summed E-state index contributed by atoms with van der Waals surface area (Å²) in [6.45, 7) is 0. The van der Waals surface area contributed by atoms with Crippen LogP contribution in [0.15, 0.2) is 53.2 Å². The Labute approximate surface area is 144 Å². The van der Waals surface area contributed by atoms with Crippen LogP contribution in [0.3, 0.4) is 0 Å². The molecule has 0 radical (unpaired) electrons. The van der Waals surface area contributed by atoms with Crippen LogP contribution in [0.2, 0.25) is 5.02 Å². The molecular formula is C18H14ClNO4. The molecule has 5 nitrogen and oxygen atoms in total. The molecule has 24 heavy (non-hydrogen) atoms. The first-order valence-corrected chi connectivity index (χ1v) is 7.49. The molecule has 6 heteroatoms. The number of halogens is 1. The predicted octanol–water partition coefficient (Wildman–Crippen LogP) is 3.70. The van der Waals surface area contributed by atoms with E-state index in [-0.39, 0.29) is 11.6 Å². The average molecular weight is 344 g/mol. The van der Waals surface area contributed by atoms with Crippen molar-refractivity contribution in [3.05, 3.63) is 64.3 Å². The van der Waals surface area contributed by atoms with Gasteiger partial charge in [0.15, 0.2) is 5.70 Å². The third kappa shape index (κ3) is 3.26. The summed E-state index contributed by atoms with van der Waals surface area (Å²) in [6, 6.07) is 12.2. The van der Waals surface area contributed by atoms with Crippen molar-refractivity contribution < 1.29 is 19.0 Å². The molecule has 0 atom stereocenters. The fourth-order valence-corrected chi connectivity index (χ4v) is 2.34. The molecule has 122 valence electrons. The van der Waals surface area contributed by atoms with E-state index in [4.69, 9.17) is 25.8 Å². The maximum Gasteiger partial charge on any atom is 0.363 e. The number of aliphatic imine (C=N–C) groups is 1. The largest absolute Gasteiger partial charge is 0.497 e. The Morgan fingerprint density at radius 3 is 2.50 bits per heavy atom. The lowest BCUT2D eigenvalue weighted by atomic mass is 10.1. The van der Waals surface area contributed by atoms with Gasteiger partial charge in [0, 0.05) is 22.2 Å². The molecule has 0 aliphatic carbocycles. The van der Waals surface area contributed by atoms with E-state index in [0.717, 1.165) is 0 Å². The monoisotopic (exact) mass is 343 g/mol. The molecule has 0 saturated carbocycles. The second-order valence-corrected chi connectivity index (χ2v) is 5.39. The Bertz CT molecular complexity index is 841. The van der Waals surface area contributed by atoms with Gasteiger partial charge in [0.1, 0.15) is 11.5 Å². The number of carbonyl (C=O) groups excluding carboxylic acids is 1. The fraction of sp³-hybridized carbons (Fsp3) is 0.111. The van der Waals surface area contributed by atoms with Crippen LogP contribution < -0.4 is 9.47 Å². The molecule has 0 spiro atoms. The fourth-order valence-electron chi connectivity index (χ4n) is 2.21. The number of rotatable bonds is 4. The van der Waals surface area contributed by atoms with Crippen LogP contribution in [0.25, 0.3) is 6.08 Å².